The Balaban J connectivity index is 1.78. The summed E-state index contributed by atoms with van der Waals surface area (Å²) in [4.78, 5) is 4.55. The molecule has 0 amide bonds. The molecule has 0 radical (unpaired) electrons. The first-order chi connectivity index (χ1) is 12.6. The molecular weight excluding hydrogens is 350 g/mol. The number of hydrazone groups is 1. The third-order valence-electron chi connectivity index (χ3n) is 3.86. The monoisotopic (exact) mass is 369 g/mol. The Morgan fingerprint density at radius 2 is 2.00 bits per heavy atom. The van der Waals surface area contributed by atoms with Crippen LogP contribution in [-0.4, -0.2) is 24.9 Å². The fourth-order valence-electron chi connectivity index (χ4n) is 2.64. The zero-order valence-corrected chi connectivity index (χ0v) is 15.7. The molecule has 0 atom stereocenters. The van der Waals surface area contributed by atoms with Gasteiger partial charge in [0, 0.05) is 10.4 Å². The maximum Gasteiger partial charge on any atom is 0.161 e. The summed E-state index contributed by atoms with van der Waals surface area (Å²) in [6, 6.07) is 13.2. The highest BCUT2D eigenvalue weighted by Gasteiger charge is 2.05. The predicted octanol–water partition coefficient (Wildman–Crippen LogP) is 5.05. The molecule has 0 aliphatic carbocycles. The molecule has 1 aromatic heterocycles. The molecule has 0 bridgehead atoms. The van der Waals surface area contributed by atoms with Crippen molar-refractivity contribution in [2.45, 2.75) is 13.8 Å². The van der Waals surface area contributed by atoms with Crippen molar-refractivity contribution in [3.63, 3.8) is 0 Å². The molecule has 134 valence electrons. The van der Waals surface area contributed by atoms with E-state index in [4.69, 9.17) is 21.1 Å². The minimum atomic E-state index is 0.587. The lowest BCUT2D eigenvalue weighted by molar-refractivity contribution is 0.311. The van der Waals surface area contributed by atoms with Crippen molar-refractivity contribution >= 4 is 34.5 Å². The van der Waals surface area contributed by atoms with Crippen molar-refractivity contribution in [2.75, 3.05) is 19.1 Å². The third-order valence-corrected chi connectivity index (χ3v) is 4.09. The van der Waals surface area contributed by atoms with Crippen molar-refractivity contribution in [1.82, 2.24) is 4.98 Å². The highest BCUT2D eigenvalue weighted by atomic mass is 35.5. The van der Waals surface area contributed by atoms with Gasteiger partial charge in [0.25, 0.3) is 0 Å². The van der Waals surface area contributed by atoms with Crippen LogP contribution >= 0.6 is 11.6 Å². The van der Waals surface area contributed by atoms with Gasteiger partial charge in [0.15, 0.2) is 11.5 Å². The fraction of sp³-hybridized carbons (Fsp3) is 0.200. The van der Waals surface area contributed by atoms with Crippen LogP contribution in [0.15, 0.2) is 47.6 Å². The lowest BCUT2D eigenvalue weighted by Crippen LogP contribution is -1.97. The largest absolute Gasteiger partial charge is 0.493 e. The van der Waals surface area contributed by atoms with Gasteiger partial charge in [0.1, 0.15) is 5.82 Å². The number of nitrogens with zero attached hydrogens (tertiary/aromatic N) is 2. The van der Waals surface area contributed by atoms with Crippen LogP contribution in [0.3, 0.4) is 0 Å². The van der Waals surface area contributed by atoms with Gasteiger partial charge in [-0.05, 0) is 67.4 Å². The number of benzene rings is 2. The van der Waals surface area contributed by atoms with Gasteiger partial charge in [-0.15, -0.1) is 0 Å². The van der Waals surface area contributed by atoms with E-state index < -0.39 is 0 Å². The van der Waals surface area contributed by atoms with Gasteiger partial charge in [0.2, 0.25) is 0 Å². The Morgan fingerprint density at radius 1 is 1.15 bits per heavy atom. The number of rotatable bonds is 6. The van der Waals surface area contributed by atoms with Crippen LogP contribution in [-0.2, 0) is 0 Å². The average molecular weight is 370 g/mol. The minimum absolute atomic E-state index is 0.587. The summed E-state index contributed by atoms with van der Waals surface area (Å²) in [6.45, 7) is 4.54. The Labute approximate surface area is 157 Å². The van der Waals surface area contributed by atoms with Crippen LogP contribution in [0.5, 0.6) is 11.5 Å². The van der Waals surface area contributed by atoms with E-state index in [9.17, 15) is 0 Å². The molecular formula is C20H20ClN3O2. The summed E-state index contributed by atoms with van der Waals surface area (Å²) in [5.74, 6) is 2.06. The second-order valence-electron chi connectivity index (χ2n) is 5.70. The van der Waals surface area contributed by atoms with E-state index in [1.807, 2.05) is 56.3 Å². The van der Waals surface area contributed by atoms with Gasteiger partial charge in [0.05, 0.1) is 25.4 Å². The van der Waals surface area contributed by atoms with Crippen molar-refractivity contribution in [2.24, 2.45) is 5.10 Å². The highest BCUT2D eigenvalue weighted by molar-refractivity contribution is 6.31. The van der Waals surface area contributed by atoms with E-state index >= 15 is 0 Å². The van der Waals surface area contributed by atoms with Crippen molar-refractivity contribution in [3.05, 3.63) is 58.6 Å². The highest BCUT2D eigenvalue weighted by Crippen LogP contribution is 2.27. The number of hydrogen-bond donors (Lipinski definition) is 1. The molecule has 5 nitrogen and oxygen atoms in total. The number of aromatic nitrogens is 1. The lowest BCUT2D eigenvalue weighted by Gasteiger charge is -2.09. The number of aryl methyl sites for hydroxylation is 1. The van der Waals surface area contributed by atoms with Crippen LogP contribution in [0, 0.1) is 6.92 Å². The van der Waals surface area contributed by atoms with E-state index in [2.05, 4.69) is 15.5 Å². The first-order valence-electron chi connectivity index (χ1n) is 8.27. The van der Waals surface area contributed by atoms with Crippen molar-refractivity contribution in [1.29, 1.82) is 0 Å². The molecule has 2 aromatic carbocycles. The van der Waals surface area contributed by atoms with Crippen molar-refractivity contribution < 1.29 is 9.47 Å². The van der Waals surface area contributed by atoms with Crippen LogP contribution in [0.1, 0.15) is 18.1 Å². The molecule has 3 aromatic rings. The zero-order chi connectivity index (χ0) is 18.5. The summed E-state index contributed by atoms with van der Waals surface area (Å²) in [7, 11) is 1.62. The predicted molar refractivity (Wildman–Crippen MR) is 107 cm³/mol. The quantitative estimate of drug-likeness (QED) is 0.488. The van der Waals surface area contributed by atoms with Gasteiger partial charge in [-0.1, -0.05) is 11.6 Å². The Morgan fingerprint density at radius 3 is 2.77 bits per heavy atom. The SMILES string of the molecule is CCOc1ccc(/C=N/Nc2cc(C)c3cc(Cl)ccc3n2)cc1OC. The standard InChI is InChI=1S/C20H20ClN3O2/c1-4-26-18-8-5-14(10-19(18)25-3)12-22-24-20-9-13(2)16-11-15(21)6-7-17(16)23-20/h5-12H,4H2,1-3H3,(H,23,24)/b22-12+. The number of halogens is 1. The van der Waals surface area contributed by atoms with Crippen LogP contribution in [0.2, 0.25) is 5.02 Å². The molecule has 1 heterocycles. The van der Waals surface area contributed by atoms with Gasteiger partial charge in [-0.3, -0.25) is 5.43 Å². The second kappa shape index (κ2) is 8.06. The molecule has 0 aliphatic heterocycles. The van der Waals surface area contributed by atoms with Gasteiger partial charge < -0.3 is 9.47 Å². The molecule has 0 aliphatic rings. The number of anilines is 1. The maximum atomic E-state index is 6.05. The summed E-state index contributed by atoms with van der Waals surface area (Å²) in [5.41, 5.74) is 5.81. The van der Waals surface area contributed by atoms with Gasteiger partial charge in [-0.25, -0.2) is 4.98 Å². The second-order valence-corrected chi connectivity index (χ2v) is 6.14. The number of methoxy groups -OCH3 is 1. The van der Waals surface area contributed by atoms with E-state index in [0.29, 0.717) is 28.9 Å². The van der Waals surface area contributed by atoms with E-state index in [-0.39, 0.29) is 0 Å². The number of hydrogen-bond acceptors (Lipinski definition) is 5. The average Bonchev–Trinajstić information content (AvgIpc) is 2.63. The number of pyridine rings is 1. The Bertz CT molecular complexity index is 957. The molecule has 0 unspecified atom stereocenters. The number of ether oxygens (including phenoxy) is 2. The van der Waals surface area contributed by atoms with E-state index in [1.165, 1.54) is 0 Å². The Hall–Kier alpha value is -2.79. The minimum Gasteiger partial charge on any atom is -0.493 e. The van der Waals surface area contributed by atoms with Crippen LogP contribution in [0.25, 0.3) is 10.9 Å². The molecule has 0 spiro atoms. The third kappa shape index (κ3) is 4.06. The van der Waals surface area contributed by atoms with Gasteiger partial charge in [-0.2, -0.15) is 5.10 Å². The first-order valence-corrected chi connectivity index (χ1v) is 8.65. The molecule has 0 fully saturated rings. The molecule has 26 heavy (non-hydrogen) atoms. The summed E-state index contributed by atoms with van der Waals surface area (Å²) in [5, 5.41) is 6.00. The number of nitrogens with one attached hydrogen (secondary N) is 1. The Kier molecular flexibility index (Phi) is 5.58. The topological polar surface area (TPSA) is 55.7 Å². The van der Waals surface area contributed by atoms with E-state index in [1.54, 1.807) is 13.3 Å². The molecule has 1 N–H and O–H groups in total. The van der Waals surface area contributed by atoms with E-state index in [0.717, 1.165) is 22.0 Å². The van der Waals surface area contributed by atoms with Crippen LogP contribution < -0.4 is 14.9 Å². The number of fused-ring (bicyclic) bond motifs is 1. The molecule has 0 saturated carbocycles. The van der Waals surface area contributed by atoms with Crippen molar-refractivity contribution in [3.8, 4) is 11.5 Å². The fourth-order valence-corrected chi connectivity index (χ4v) is 2.81. The zero-order valence-electron chi connectivity index (χ0n) is 14.9. The summed E-state index contributed by atoms with van der Waals surface area (Å²) >= 11 is 6.05. The molecule has 6 heteroatoms. The maximum absolute atomic E-state index is 6.05. The lowest BCUT2D eigenvalue weighted by atomic mass is 10.1. The molecule has 0 saturated heterocycles. The smallest absolute Gasteiger partial charge is 0.161 e. The first kappa shape index (κ1) is 18.0. The molecule has 3 rings (SSSR count). The van der Waals surface area contributed by atoms with Crippen LogP contribution in [0.4, 0.5) is 5.82 Å². The summed E-state index contributed by atoms with van der Waals surface area (Å²) < 4.78 is 10.9. The van der Waals surface area contributed by atoms with Gasteiger partial charge >= 0.3 is 0 Å². The summed E-state index contributed by atoms with van der Waals surface area (Å²) in [6.07, 6.45) is 1.71. The normalized spacial score (nSPS) is 11.1.